The Morgan fingerprint density at radius 3 is 2.63 bits per heavy atom. The molecule has 0 unspecified atom stereocenters. The van der Waals surface area contributed by atoms with Crippen LogP contribution in [0, 0.1) is 17.8 Å². The minimum Gasteiger partial charge on any atom is -0.424 e. The lowest BCUT2D eigenvalue weighted by Crippen LogP contribution is -2.39. The Kier molecular flexibility index (Phi) is 7.90. The van der Waals surface area contributed by atoms with Gasteiger partial charge in [0.25, 0.3) is 6.01 Å². The van der Waals surface area contributed by atoms with Crippen molar-refractivity contribution in [1.82, 2.24) is 9.97 Å². The van der Waals surface area contributed by atoms with Gasteiger partial charge in [0, 0.05) is 36.3 Å². The first-order valence-electron chi connectivity index (χ1n) is 14.7. The maximum atomic E-state index is 12.9. The number of rotatable bonds is 8. The number of benzene rings is 1. The Morgan fingerprint density at radius 1 is 1.00 bits per heavy atom. The Morgan fingerprint density at radius 2 is 1.85 bits per heavy atom. The zero-order valence-corrected chi connectivity index (χ0v) is 23.0. The molecule has 2 saturated carbocycles. The highest BCUT2D eigenvalue weighted by Crippen LogP contribution is 2.37. The summed E-state index contributed by atoms with van der Waals surface area (Å²) in [6.45, 7) is 1.66. The summed E-state index contributed by atoms with van der Waals surface area (Å²) < 4.78 is 44.9. The number of oxazole rings is 1. The van der Waals surface area contributed by atoms with E-state index < -0.39 is 11.9 Å². The zero-order chi connectivity index (χ0) is 28.4. The molecule has 1 aliphatic heterocycles. The van der Waals surface area contributed by atoms with Gasteiger partial charge in [0.15, 0.2) is 5.76 Å². The molecule has 3 aromatic rings. The maximum Gasteiger partial charge on any atom is 0.433 e. The number of anilines is 3. The minimum absolute atomic E-state index is 0.0718. The van der Waals surface area contributed by atoms with Crippen LogP contribution in [0.2, 0.25) is 0 Å². The molecule has 41 heavy (non-hydrogen) atoms. The molecule has 3 aliphatic rings. The normalized spacial score (nSPS) is 23.3. The van der Waals surface area contributed by atoms with Gasteiger partial charge in [-0.05, 0) is 81.0 Å². The van der Waals surface area contributed by atoms with Gasteiger partial charge in [-0.1, -0.05) is 25.0 Å². The highest BCUT2D eigenvalue weighted by molar-refractivity contribution is 5.94. The number of nitrogens with one attached hydrogen (secondary N) is 2. The van der Waals surface area contributed by atoms with Crippen LogP contribution in [-0.2, 0) is 11.0 Å². The van der Waals surface area contributed by atoms with Gasteiger partial charge in [-0.25, -0.2) is 9.97 Å². The van der Waals surface area contributed by atoms with E-state index in [1.165, 1.54) is 12.6 Å². The third kappa shape index (κ3) is 6.85. The van der Waals surface area contributed by atoms with Crippen LogP contribution in [0.5, 0.6) is 0 Å². The number of nitrogens with zero attached hydrogens (tertiary/aromatic N) is 3. The summed E-state index contributed by atoms with van der Waals surface area (Å²) >= 11 is 0. The van der Waals surface area contributed by atoms with Crippen LogP contribution >= 0.6 is 0 Å². The third-order valence-electron chi connectivity index (χ3n) is 8.64. The van der Waals surface area contributed by atoms with Gasteiger partial charge in [-0.2, -0.15) is 13.2 Å². The Bertz CT molecular complexity index is 1340. The third-order valence-corrected chi connectivity index (χ3v) is 8.64. The molecule has 10 heteroatoms. The summed E-state index contributed by atoms with van der Waals surface area (Å²) in [5.74, 6) is 1.79. The summed E-state index contributed by atoms with van der Waals surface area (Å²) in [6.07, 6.45) is 8.27. The summed E-state index contributed by atoms with van der Waals surface area (Å²) in [6, 6.07) is 11.0. The van der Waals surface area contributed by atoms with E-state index in [-0.39, 0.29) is 17.9 Å². The molecular formula is C31H36F3N5O2. The van der Waals surface area contributed by atoms with Crippen LogP contribution in [0.4, 0.5) is 30.6 Å². The van der Waals surface area contributed by atoms with Gasteiger partial charge in [0.2, 0.25) is 5.91 Å². The molecular weight excluding hydrogens is 531 g/mol. The predicted octanol–water partition coefficient (Wildman–Crippen LogP) is 7.38. The van der Waals surface area contributed by atoms with E-state index in [1.54, 1.807) is 12.3 Å². The molecule has 2 aromatic heterocycles. The van der Waals surface area contributed by atoms with E-state index in [1.807, 2.05) is 24.3 Å². The number of hydrogen-bond donors (Lipinski definition) is 2. The van der Waals surface area contributed by atoms with Gasteiger partial charge in [-0.3, -0.25) is 4.79 Å². The van der Waals surface area contributed by atoms with Crippen molar-refractivity contribution in [1.29, 1.82) is 0 Å². The summed E-state index contributed by atoms with van der Waals surface area (Å²) in [5, 5.41) is 6.55. The molecule has 218 valence electrons. The highest BCUT2D eigenvalue weighted by Gasteiger charge is 2.34. The number of carbonyl (C=O) groups excluding carboxylic acids is 1. The van der Waals surface area contributed by atoms with E-state index >= 15 is 0 Å². The molecule has 1 saturated heterocycles. The molecule has 0 radical (unpaired) electrons. The summed E-state index contributed by atoms with van der Waals surface area (Å²) in [4.78, 5) is 22.5. The second-order valence-electron chi connectivity index (χ2n) is 11.8. The molecule has 1 aromatic carbocycles. The lowest BCUT2D eigenvalue weighted by atomic mass is 9.77. The minimum atomic E-state index is -4.42. The number of halogens is 3. The average Bonchev–Trinajstić information content (AvgIpc) is 3.73. The second kappa shape index (κ2) is 11.7. The largest absolute Gasteiger partial charge is 0.433 e. The SMILES string of the molecule is O=C(Nc1cccc(-c2cnc(N[C@@H]3CCCC[C@H]3C[C@H]3CCCN(c4ccc(C(F)(F)F)nc4)C3)o2)c1)C1CC1. The molecule has 2 aliphatic carbocycles. The standard InChI is InChI=1S/C31H36F3N5O2/c32-31(33,34)28-13-12-25(17-35-28)39-14-4-5-20(19-39)15-22-6-1-2-9-26(22)38-30-36-18-27(41-30)23-7-3-8-24(16-23)37-29(40)21-10-11-21/h3,7-8,12-13,16-18,20-22,26H,1-2,4-6,9-11,14-15,19H2,(H,36,38)(H,37,40)/t20-,22+,26-/m1/s1. The van der Waals surface area contributed by atoms with Crippen LogP contribution in [0.25, 0.3) is 11.3 Å². The fraction of sp³-hybridized carbons (Fsp3) is 0.516. The van der Waals surface area contributed by atoms with Crippen molar-refractivity contribution in [2.75, 3.05) is 28.6 Å². The van der Waals surface area contributed by atoms with Crippen LogP contribution in [0.1, 0.15) is 63.5 Å². The van der Waals surface area contributed by atoms with Crippen molar-refractivity contribution < 1.29 is 22.4 Å². The molecule has 1 amide bonds. The Labute approximate surface area is 237 Å². The van der Waals surface area contributed by atoms with Crippen LogP contribution in [0.3, 0.4) is 0 Å². The monoisotopic (exact) mass is 567 g/mol. The van der Waals surface area contributed by atoms with E-state index in [2.05, 4.69) is 25.5 Å². The number of hydrogen-bond acceptors (Lipinski definition) is 6. The molecule has 2 N–H and O–H groups in total. The molecule has 0 spiro atoms. The Balaban J connectivity index is 1.07. The van der Waals surface area contributed by atoms with E-state index in [0.29, 0.717) is 23.6 Å². The van der Waals surface area contributed by atoms with Gasteiger partial charge in [0.1, 0.15) is 5.69 Å². The first kappa shape index (κ1) is 27.6. The van der Waals surface area contributed by atoms with Crippen molar-refractivity contribution in [2.45, 2.75) is 70.0 Å². The van der Waals surface area contributed by atoms with Crippen LogP contribution < -0.4 is 15.5 Å². The van der Waals surface area contributed by atoms with Gasteiger partial charge >= 0.3 is 6.18 Å². The van der Waals surface area contributed by atoms with Crippen molar-refractivity contribution in [3.8, 4) is 11.3 Å². The van der Waals surface area contributed by atoms with Crippen molar-refractivity contribution in [3.05, 3.63) is 54.5 Å². The van der Waals surface area contributed by atoms with Crippen molar-refractivity contribution in [2.24, 2.45) is 17.8 Å². The van der Waals surface area contributed by atoms with Gasteiger partial charge in [-0.15, -0.1) is 0 Å². The number of alkyl halides is 3. The van der Waals surface area contributed by atoms with Crippen LogP contribution in [-0.4, -0.2) is 35.0 Å². The van der Waals surface area contributed by atoms with Crippen molar-refractivity contribution >= 4 is 23.3 Å². The maximum absolute atomic E-state index is 12.9. The van der Waals surface area contributed by atoms with Crippen LogP contribution in [0.15, 0.2) is 53.2 Å². The fourth-order valence-corrected chi connectivity index (χ4v) is 6.31. The molecule has 7 nitrogen and oxygen atoms in total. The molecule has 3 fully saturated rings. The van der Waals surface area contributed by atoms with E-state index in [0.717, 1.165) is 87.5 Å². The lowest BCUT2D eigenvalue weighted by molar-refractivity contribution is -0.141. The Hall–Kier alpha value is -3.56. The lowest BCUT2D eigenvalue weighted by Gasteiger charge is -2.39. The molecule has 3 heterocycles. The number of aromatic nitrogens is 2. The van der Waals surface area contributed by atoms with Gasteiger partial charge in [0.05, 0.1) is 18.1 Å². The van der Waals surface area contributed by atoms with Crippen molar-refractivity contribution in [3.63, 3.8) is 0 Å². The predicted molar refractivity (Wildman–Crippen MR) is 151 cm³/mol. The number of carbonyl (C=O) groups is 1. The fourth-order valence-electron chi connectivity index (χ4n) is 6.31. The first-order valence-corrected chi connectivity index (χ1v) is 14.7. The number of pyridine rings is 1. The highest BCUT2D eigenvalue weighted by atomic mass is 19.4. The van der Waals surface area contributed by atoms with E-state index in [9.17, 15) is 18.0 Å². The molecule has 3 atom stereocenters. The number of piperidine rings is 1. The second-order valence-corrected chi connectivity index (χ2v) is 11.8. The average molecular weight is 568 g/mol. The van der Waals surface area contributed by atoms with E-state index in [4.69, 9.17) is 4.42 Å². The zero-order valence-electron chi connectivity index (χ0n) is 23.0. The topological polar surface area (TPSA) is 83.3 Å². The first-order chi connectivity index (χ1) is 19.8. The molecule has 6 rings (SSSR count). The van der Waals surface area contributed by atoms with Gasteiger partial charge < -0.3 is 20.0 Å². The smallest absolute Gasteiger partial charge is 0.424 e. The summed E-state index contributed by atoms with van der Waals surface area (Å²) in [7, 11) is 0. The molecule has 0 bridgehead atoms. The number of amides is 1. The summed E-state index contributed by atoms with van der Waals surface area (Å²) in [5.41, 5.74) is 1.52. The quantitative estimate of drug-likeness (QED) is 0.296.